The number of hydrogen-bond acceptors (Lipinski definition) is 4. The standard InChI is InChI=1S/C21H29N3O3S/c1-15(2)14-19(25)23-10-5-11-24(13-12-23)21-17(4)20(28(26,27)22-21)18-8-6-16(3)7-9-18/h6-9,15H,5,10-14H2,1-4H3. The SMILES string of the molecule is CC1=C(c2ccc(C)cc2)S(=O)(=O)N=C1N1CCCN(C(=O)CC(C)C)CC1. The van der Waals surface area contributed by atoms with Crippen LogP contribution in [-0.4, -0.2) is 56.1 Å². The van der Waals surface area contributed by atoms with Gasteiger partial charge >= 0.3 is 0 Å². The van der Waals surface area contributed by atoms with Gasteiger partial charge in [0.15, 0.2) is 0 Å². The zero-order valence-electron chi connectivity index (χ0n) is 17.1. The van der Waals surface area contributed by atoms with Crippen molar-refractivity contribution in [3.8, 4) is 0 Å². The molecule has 0 atom stereocenters. The summed E-state index contributed by atoms with van der Waals surface area (Å²) in [6, 6.07) is 7.48. The van der Waals surface area contributed by atoms with Crippen molar-refractivity contribution < 1.29 is 13.2 Å². The molecule has 0 aromatic heterocycles. The molecular weight excluding hydrogens is 374 g/mol. The first kappa shape index (κ1) is 20.6. The molecule has 6 nitrogen and oxygen atoms in total. The smallest absolute Gasteiger partial charge is 0.285 e. The Morgan fingerprint density at radius 3 is 2.39 bits per heavy atom. The molecule has 1 fully saturated rings. The predicted molar refractivity (Wildman–Crippen MR) is 112 cm³/mol. The highest BCUT2D eigenvalue weighted by Crippen LogP contribution is 2.34. The lowest BCUT2D eigenvalue weighted by atomic mass is 10.1. The van der Waals surface area contributed by atoms with Crippen molar-refractivity contribution in [1.29, 1.82) is 0 Å². The van der Waals surface area contributed by atoms with E-state index in [1.165, 1.54) is 0 Å². The Balaban J connectivity index is 1.82. The number of hydrogen-bond donors (Lipinski definition) is 0. The molecule has 2 aliphatic heterocycles. The lowest BCUT2D eigenvalue weighted by Gasteiger charge is -2.24. The number of amides is 1. The fourth-order valence-electron chi connectivity index (χ4n) is 3.75. The van der Waals surface area contributed by atoms with Crippen molar-refractivity contribution in [1.82, 2.24) is 9.80 Å². The first-order chi connectivity index (χ1) is 13.2. The minimum Gasteiger partial charge on any atom is -0.354 e. The predicted octanol–water partition coefficient (Wildman–Crippen LogP) is 3.05. The molecule has 0 aliphatic carbocycles. The number of nitrogens with zero attached hydrogens (tertiary/aromatic N) is 3. The molecule has 1 aromatic carbocycles. The van der Waals surface area contributed by atoms with E-state index in [1.807, 2.05) is 61.8 Å². The summed E-state index contributed by atoms with van der Waals surface area (Å²) in [4.78, 5) is 16.6. The molecule has 0 spiro atoms. The minimum absolute atomic E-state index is 0.172. The topological polar surface area (TPSA) is 70.1 Å². The fraction of sp³-hybridized carbons (Fsp3) is 0.524. The summed E-state index contributed by atoms with van der Waals surface area (Å²) in [5.74, 6) is 1.03. The molecule has 1 saturated heterocycles. The zero-order valence-corrected chi connectivity index (χ0v) is 17.9. The van der Waals surface area contributed by atoms with Crippen LogP contribution < -0.4 is 0 Å². The summed E-state index contributed by atoms with van der Waals surface area (Å²) >= 11 is 0. The van der Waals surface area contributed by atoms with Crippen LogP contribution in [0.25, 0.3) is 4.91 Å². The Bertz CT molecular complexity index is 915. The molecule has 3 rings (SSSR count). The van der Waals surface area contributed by atoms with E-state index in [1.54, 1.807) is 0 Å². The van der Waals surface area contributed by atoms with Crippen LogP contribution >= 0.6 is 0 Å². The molecule has 0 unspecified atom stereocenters. The van der Waals surface area contributed by atoms with Gasteiger partial charge in [-0.1, -0.05) is 43.7 Å². The third kappa shape index (κ3) is 4.29. The highest BCUT2D eigenvalue weighted by molar-refractivity contribution is 8.00. The van der Waals surface area contributed by atoms with Crippen LogP contribution in [0.15, 0.2) is 34.2 Å². The van der Waals surface area contributed by atoms with Gasteiger partial charge in [-0.25, -0.2) is 0 Å². The fourth-order valence-corrected chi connectivity index (χ4v) is 5.23. The maximum absolute atomic E-state index is 12.8. The second kappa shape index (κ2) is 8.07. The molecule has 0 bridgehead atoms. The molecule has 0 radical (unpaired) electrons. The zero-order chi connectivity index (χ0) is 20.5. The van der Waals surface area contributed by atoms with E-state index in [9.17, 15) is 13.2 Å². The first-order valence-corrected chi connectivity index (χ1v) is 11.3. The minimum atomic E-state index is -3.71. The molecule has 1 aromatic rings. The van der Waals surface area contributed by atoms with Crippen LogP contribution in [0.4, 0.5) is 0 Å². The average Bonchev–Trinajstić information content (AvgIpc) is 2.78. The van der Waals surface area contributed by atoms with E-state index in [2.05, 4.69) is 4.40 Å². The highest BCUT2D eigenvalue weighted by atomic mass is 32.2. The van der Waals surface area contributed by atoms with Gasteiger partial charge in [-0.05, 0) is 31.7 Å². The second-order valence-corrected chi connectivity index (χ2v) is 9.57. The van der Waals surface area contributed by atoms with Crippen molar-refractivity contribution in [2.24, 2.45) is 10.3 Å². The van der Waals surface area contributed by atoms with Crippen LogP contribution in [-0.2, 0) is 14.8 Å². The lowest BCUT2D eigenvalue weighted by Crippen LogP contribution is -2.37. The van der Waals surface area contributed by atoms with Crippen molar-refractivity contribution in [3.05, 3.63) is 41.0 Å². The molecule has 7 heteroatoms. The first-order valence-electron chi connectivity index (χ1n) is 9.85. The van der Waals surface area contributed by atoms with Gasteiger partial charge in [-0.2, -0.15) is 8.42 Å². The number of carbonyl (C=O) groups excluding carboxylic acids is 1. The van der Waals surface area contributed by atoms with E-state index in [-0.39, 0.29) is 5.91 Å². The van der Waals surface area contributed by atoms with Crippen LogP contribution in [0.5, 0.6) is 0 Å². The van der Waals surface area contributed by atoms with Crippen molar-refractivity contribution >= 4 is 26.7 Å². The van der Waals surface area contributed by atoms with E-state index in [4.69, 9.17) is 0 Å². The van der Waals surface area contributed by atoms with Crippen molar-refractivity contribution in [3.63, 3.8) is 0 Å². The van der Waals surface area contributed by atoms with Gasteiger partial charge in [0.05, 0.1) is 0 Å². The maximum atomic E-state index is 12.8. The van der Waals surface area contributed by atoms with Crippen LogP contribution in [0.1, 0.15) is 44.7 Å². The van der Waals surface area contributed by atoms with E-state index < -0.39 is 10.0 Å². The molecule has 0 N–H and O–H groups in total. The molecule has 2 heterocycles. The Hall–Kier alpha value is -2.15. The molecule has 28 heavy (non-hydrogen) atoms. The number of aryl methyl sites for hydroxylation is 1. The van der Waals surface area contributed by atoms with Gasteiger partial charge in [-0.15, -0.1) is 4.40 Å². The molecular formula is C21H29N3O3S. The van der Waals surface area contributed by atoms with Crippen molar-refractivity contribution in [2.75, 3.05) is 26.2 Å². The lowest BCUT2D eigenvalue weighted by molar-refractivity contribution is -0.131. The van der Waals surface area contributed by atoms with Crippen LogP contribution in [0.2, 0.25) is 0 Å². The average molecular weight is 404 g/mol. The summed E-state index contributed by atoms with van der Waals surface area (Å²) < 4.78 is 29.6. The van der Waals surface area contributed by atoms with Gasteiger partial charge in [0.2, 0.25) is 5.91 Å². The van der Waals surface area contributed by atoms with Gasteiger partial charge in [0.1, 0.15) is 10.7 Å². The number of sulfonamides is 1. The summed E-state index contributed by atoms with van der Waals surface area (Å²) in [6.07, 6.45) is 1.35. The molecule has 152 valence electrons. The molecule has 1 amide bonds. The van der Waals surface area contributed by atoms with Crippen LogP contribution in [0, 0.1) is 12.8 Å². The van der Waals surface area contributed by atoms with Gasteiger partial charge in [-0.3, -0.25) is 4.79 Å². The van der Waals surface area contributed by atoms with E-state index in [0.29, 0.717) is 60.4 Å². The number of benzene rings is 1. The second-order valence-electron chi connectivity index (χ2n) is 8.03. The number of rotatable bonds is 3. The van der Waals surface area contributed by atoms with E-state index in [0.717, 1.165) is 12.0 Å². The Labute approximate surface area is 168 Å². The van der Waals surface area contributed by atoms with Crippen molar-refractivity contribution in [2.45, 2.75) is 40.5 Å². The summed E-state index contributed by atoms with van der Waals surface area (Å²) in [5, 5.41) is 0. The highest BCUT2D eigenvalue weighted by Gasteiger charge is 2.34. The third-order valence-electron chi connectivity index (χ3n) is 5.19. The Morgan fingerprint density at radius 2 is 1.75 bits per heavy atom. The third-order valence-corrected chi connectivity index (χ3v) is 6.66. The summed E-state index contributed by atoms with van der Waals surface area (Å²) in [5.41, 5.74) is 2.44. The van der Waals surface area contributed by atoms with Gasteiger partial charge < -0.3 is 9.80 Å². The number of amidine groups is 1. The normalized spacial score (nSPS) is 19.8. The Morgan fingerprint density at radius 1 is 1.07 bits per heavy atom. The largest absolute Gasteiger partial charge is 0.354 e. The maximum Gasteiger partial charge on any atom is 0.285 e. The number of carbonyl (C=O) groups is 1. The summed E-state index contributed by atoms with van der Waals surface area (Å²) in [6.45, 7) is 10.5. The molecule has 2 aliphatic rings. The van der Waals surface area contributed by atoms with E-state index >= 15 is 0 Å². The molecule has 0 saturated carbocycles. The monoisotopic (exact) mass is 403 g/mol. The Kier molecular flexibility index (Phi) is 5.93. The van der Waals surface area contributed by atoms with Crippen LogP contribution in [0.3, 0.4) is 0 Å². The van der Waals surface area contributed by atoms with Gasteiger partial charge in [0, 0.05) is 38.2 Å². The quantitative estimate of drug-likeness (QED) is 0.778. The van der Waals surface area contributed by atoms with Gasteiger partial charge in [0.25, 0.3) is 10.0 Å². The summed E-state index contributed by atoms with van der Waals surface area (Å²) in [7, 11) is -3.71.